The molecule has 5 N–H and O–H groups in total. The number of carbonyl (C=O) groups is 2. The van der Waals surface area contributed by atoms with Crippen LogP contribution in [-0.2, 0) is 12.0 Å². The number of rotatable bonds is 12. The summed E-state index contributed by atoms with van der Waals surface area (Å²) in [4.78, 5) is 41.4. The molecule has 1 aliphatic rings. The number of anilines is 4. The lowest BCUT2D eigenvalue weighted by molar-refractivity contribution is 0.0803. The number of nitrogens with one attached hydrogen (secondary N) is 4. The van der Waals surface area contributed by atoms with Gasteiger partial charge in [0.2, 0.25) is 0 Å². The number of aliphatic hydroxyl groups is 1. The summed E-state index contributed by atoms with van der Waals surface area (Å²) in [5, 5.41) is 28.2. The van der Waals surface area contributed by atoms with E-state index in [0.29, 0.717) is 35.4 Å². The van der Waals surface area contributed by atoms with E-state index in [1.54, 1.807) is 10.9 Å². The summed E-state index contributed by atoms with van der Waals surface area (Å²) in [5.74, 6) is 1.91. The molecule has 4 heterocycles. The number of likely N-dealkylation sites (tertiary alicyclic amines) is 1. The first kappa shape index (κ1) is 38.9. The first-order valence-corrected chi connectivity index (χ1v) is 19.1. The van der Waals surface area contributed by atoms with Crippen molar-refractivity contribution in [3.05, 3.63) is 120 Å². The van der Waals surface area contributed by atoms with Crippen LogP contribution in [0.5, 0.6) is 5.75 Å². The summed E-state index contributed by atoms with van der Waals surface area (Å²) >= 11 is 0. The van der Waals surface area contributed by atoms with Gasteiger partial charge in [0.1, 0.15) is 35.5 Å². The zero-order valence-electron chi connectivity index (χ0n) is 32.6. The minimum Gasteiger partial charge on any atom is -0.488 e. The monoisotopic (exact) mass is 768 g/mol. The predicted molar refractivity (Wildman–Crippen MR) is 221 cm³/mol. The van der Waals surface area contributed by atoms with Crippen LogP contribution in [0, 0.1) is 6.92 Å². The van der Waals surface area contributed by atoms with Crippen molar-refractivity contribution in [3.8, 4) is 11.4 Å². The van der Waals surface area contributed by atoms with E-state index in [1.807, 2.05) is 85.8 Å². The van der Waals surface area contributed by atoms with Crippen molar-refractivity contribution in [3.63, 3.8) is 0 Å². The molecule has 6 aromatic rings. The van der Waals surface area contributed by atoms with Gasteiger partial charge in [-0.15, -0.1) is 0 Å². The molecule has 1 aliphatic heterocycles. The van der Waals surface area contributed by atoms with Crippen LogP contribution in [0.1, 0.15) is 60.9 Å². The van der Waals surface area contributed by atoms with E-state index in [-0.39, 0.29) is 29.7 Å². The van der Waals surface area contributed by atoms with Gasteiger partial charge in [0, 0.05) is 54.6 Å². The zero-order valence-corrected chi connectivity index (χ0v) is 32.6. The molecule has 0 atom stereocenters. The fourth-order valence-electron chi connectivity index (χ4n) is 6.49. The Kier molecular flexibility index (Phi) is 11.7. The van der Waals surface area contributed by atoms with Crippen LogP contribution in [-0.4, -0.2) is 79.0 Å². The summed E-state index contributed by atoms with van der Waals surface area (Å²) in [7, 11) is 0. The van der Waals surface area contributed by atoms with E-state index < -0.39 is 6.03 Å². The Hall–Kier alpha value is -6.38. The fraction of sp³-hybridized carbons (Fsp3) is 0.302. The Morgan fingerprint density at radius 2 is 1.65 bits per heavy atom. The Morgan fingerprint density at radius 1 is 0.877 bits per heavy atom. The highest BCUT2D eigenvalue weighted by Crippen LogP contribution is 2.33. The molecular weight excluding hydrogens is 721 g/mol. The topological polar surface area (TPSA) is 171 Å². The van der Waals surface area contributed by atoms with Crippen LogP contribution in [0.3, 0.4) is 0 Å². The van der Waals surface area contributed by atoms with E-state index in [0.717, 1.165) is 65.8 Å². The van der Waals surface area contributed by atoms with Crippen LogP contribution in [0.15, 0.2) is 97.5 Å². The number of benzene rings is 3. The van der Waals surface area contributed by atoms with Gasteiger partial charge in [0.05, 0.1) is 35.6 Å². The lowest BCUT2D eigenvalue weighted by Gasteiger charge is -2.29. The maximum atomic E-state index is 13.5. The summed E-state index contributed by atoms with van der Waals surface area (Å²) < 4.78 is 8.07. The second-order valence-corrected chi connectivity index (χ2v) is 15.2. The van der Waals surface area contributed by atoms with Crippen molar-refractivity contribution in [2.75, 3.05) is 42.1 Å². The highest BCUT2D eigenvalue weighted by molar-refractivity contribution is 6.07. The van der Waals surface area contributed by atoms with Gasteiger partial charge in [0.25, 0.3) is 5.91 Å². The molecule has 3 aromatic carbocycles. The fourth-order valence-corrected chi connectivity index (χ4v) is 6.49. The quantitative estimate of drug-likeness (QED) is 0.0876. The highest BCUT2D eigenvalue weighted by atomic mass is 16.5. The van der Waals surface area contributed by atoms with Crippen LogP contribution in [0.25, 0.3) is 16.5 Å². The molecule has 0 unspecified atom stereocenters. The van der Waals surface area contributed by atoms with Crippen molar-refractivity contribution in [1.82, 2.24) is 34.9 Å². The van der Waals surface area contributed by atoms with Gasteiger partial charge in [-0.05, 0) is 61.7 Å². The number of carbonyl (C=O) groups excluding carboxylic acids is 2. The Labute approximate surface area is 331 Å². The smallest absolute Gasteiger partial charge is 0.324 e. The number of amides is 3. The summed E-state index contributed by atoms with van der Waals surface area (Å²) in [6.07, 6.45) is 5.90. The number of hydrogen-bond donors (Lipinski definition) is 5. The Balaban J connectivity index is 0.964. The minimum atomic E-state index is -0.395. The Bertz CT molecular complexity index is 2330. The third-order valence-corrected chi connectivity index (χ3v) is 9.76. The summed E-state index contributed by atoms with van der Waals surface area (Å²) in [6, 6.07) is 24.7. The lowest BCUT2D eigenvalue weighted by Crippen LogP contribution is -2.40. The van der Waals surface area contributed by atoms with Gasteiger partial charge >= 0.3 is 6.03 Å². The standard InChI is InChI=1S/C43H48N10O4/c1-28-9-11-30(12-10-28)53-40(24-37(51-53)43(2,3)4)50-42(56)48-34-13-14-36(33-8-6-5-7-32(33)34)57-27-29-15-18-44-38(23-29)49-39-26-46-35(25-47-39)41(55)45-19-22-52-20-16-31(54)17-21-52/h5-15,18,23-26,31,54H,16-17,19-22,27H2,1-4H3,(H,45,55)(H,44,47,49)(H2,48,50,56). The van der Waals surface area contributed by atoms with Gasteiger partial charge in [-0.3, -0.25) is 10.1 Å². The molecule has 0 spiro atoms. The number of pyridine rings is 1. The van der Waals surface area contributed by atoms with Crippen LogP contribution < -0.4 is 26.0 Å². The van der Waals surface area contributed by atoms with Crippen molar-refractivity contribution < 1.29 is 19.4 Å². The largest absolute Gasteiger partial charge is 0.488 e. The number of urea groups is 1. The molecule has 57 heavy (non-hydrogen) atoms. The third kappa shape index (κ3) is 9.90. The van der Waals surface area contributed by atoms with Crippen molar-refractivity contribution >= 4 is 45.9 Å². The molecule has 1 fully saturated rings. The Morgan fingerprint density at radius 3 is 2.39 bits per heavy atom. The first-order chi connectivity index (χ1) is 27.5. The molecular formula is C43H48N10O4. The number of fused-ring (bicyclic) bond motifs is 1. The first-order valence-electron chi connectivity index (χ1n) is 19.1. The molecule has 3 amide bonds. The van der Waals surface area contributed by atoms with Crippen molar-refractivity contribution in [2.45, 2.75) is 58.7 Å². The predicted octanol–water partition coefficient (Wildman–Crippen LogP) is 6.97. The molecule has 14 nitrogen and oxygen atoms in total. The molecule has 7 rings (SSSR count). The maximum absolute atomic E-state index is 13.5. The van der Waals surface area contributed by atoms with E-state index in [4.69, 9.17) is 9.84 Å². The molecule has 14 heteroatoms. The number of aromatic nitrogens is 5. The zero-order chi connectivity index (χ0) is 39.9. The van der Waals surface area contributed by atoms with Gasteiger partial charge in [-0.25, -0.2) is 24.4 Å². The van der Waals surface area contributed by atoms with Crippen LogP contribution >= 0.6 is 0 Å². The second-order valence-electron chi connectivity index (χ2n) is 15.2. The number of ether oxygens (including phenoxy) is 1. The normalized spacial score (nSPS) is 13.6. The molecule has 0 bridgehead atoms. The van der Waals surface area contributed by atoms with Crippen molar-refractivity contribution in [2.24, 2.45) is 0 Å². The SMILES string of the molecule is Cc1ccc(-n2nc(C(C)(C)C)cc2NC(=O)Nc2ccc(OCc3ccnc(Nc4cnc(C(=O)NCCN5CCC(O)CC5)cn4)c3)c3ccccc23)cc1. The summed E-state index contributed by atoms with van der Waals surface area (Å²) in [6.45, 7) is 11.4. The number of nitrogens with zero attached hydrogens (tertiary/aromatic N) is 6. The molecule has 294 valence electrons. The van der Waals surface area contributed by atoms with E-state index in [1.165, 1.54) is 12.4 Å². The van der Waals surface area contributed by atoms with Crippen molar-refractivity contribution in [1.29, 1.82) is 0 Å². The average molecular weight is 769 g/mol. The lowest BCUT2D eigenvalue weighted by atomic mass is 9.92. The van der Waals surface area contributed by atoms with Gasteiger partial charge in [-0.1, -0.05) is 62.7 Å². The number of aliphatic hydroxyl groups excluding tert-OH is 1. The van der Waals surface area contributed by atoms with Gasteiger partial charge in [-0.2, -0.15) is 5.10 Å². The van der Waals surface area contributed by atoms with Crippen LogP contribution in [0.2, 0.25) is 0 Å². The number of aryl methyl sites for hydroxylation is 1. The summed E-state index contributed by atoms with van der Waals surface area (Å²) in [5.41, 5.74) is 4.34. The molecule has 0 saturated carbocycles. The number of hydrogen-bond acceptors (Lipinski definition) is 10. The molecule has 1 saturated heterocycles. The molecule has 0 aliphatic carbocycles. The van der Waals surface area contributed by atoms with E-state index in [2.05, 4.69) is 61.9 Å². The second kappa shape index (κ2) is 17.2. The number of piperidine rings is 1. The van der Waals surface area contributed by atoms with E-state index in [9.17, 15) is 14.7 Å². The van der Waals surface area contributed by atoms with Crippen LogP contribution in [0.4, 0.5) is 27.9 Å². The highest BCUT2D eigenvalue weighted by Gasteiger charge is 2.22. The maximum Gasteiger partial charge on any atom is 0.324 e. The van der Waals surface area contributed by atoms with Gasteiger partial charge < -0.3 is 30.7 Å². The minimum absolute atomic E-state index is 0.217. The third-order valence-electron chi connectivity index (χ3n) is 9.76. The van der Waals surface area contributed by atoms with E-state index >= 15 is 0 Å². The average Bonchev–Trinajstić information content (AvgIpc) is 3.63. The molecule has 3 aromatic heterocycles. The van der Waals surface area contributed by atoms with Gasteiger partial charge in [0.15, 0.2) is 0 Å². The molecule has 0 radical (unpaired) electrons.